The van der Waals surface area contributed by atoms with Crippen LogP contribution in [0.15, 0.2) is 35.5 Å². The summed E-state index contributed by atoms with van der Waals surface area (Å²) in [5, 5.41) is 43.5. The number of aliphatic carboxylic acids is 1. The van der Waals surface area contributed by atoms with Crippen LogP contribution in [-0.4, -0.2) is 112 Å². The largest absolute Gasteiger partial charge is 0.480 e. The van der Waals surface area contributed by atoms with Crippen molar-refractivity contribution in [1.82, 2.24) is 10.2 Å². The minimum atomic E-state index is -2.41. The van der Waals surface area contributed by atoms with Crippen LogP contribution in [0.2, 0.25) is 0 Å². The average molecular weight is 845 g/mol. The Labute approximate surface area is 358 Å². The Morgan fingerprint density at radius 1 is 0.967 bits per heavy atom. The first-order valence-electron chi connectivity index (χ1n) is 22.5. The number of piperidine rings is 1. The number of Topliss-reactive ketones (excluding diaryl/α,β-unsaturated/α-hetero) is 2. The zero-order valence-electron chi connectivity index (χ0n) is 37.3. The molecule has 13 nitrogen and oxygen atoms in total. The van der Waals surface area contributed by atoms with E-state index in [-0.39, 0.29) is 49.2 Å². The quantitative estimate of drug-likeness (QED) is 0.0313. The van der Waals surface area contributed by atoms with Crippen molar-refractivity contribution in [2.24, 2.45) is 23.2 Å². The van der Waals surface area contributed by atoms with Crippen LogP contribution < -0.4 is 5.32 Å². The Morgan fingerprint density at radius 3 is 2.35 bits per heavy atom. The molecule has 0 aromatic rings. The number of ether oxygens (including phenoxy) is 2. The lowest BCUT2D eigenvalue weighted by Gasteiger charge is -2.45. The number of aliphatic hydroxyl groups is 3. The number of hydrogen-bond donors (Lipinski definition) is 5. The predicted molar refractivity (Wildman–Crippen MR) is 230 cm³/mol. The van der Waals surface area contributed by atoms with Crippen molar-refractivity contribution in [2.45, 2.75) is 180 Å². The van der Waals surface area contributed by atoms with Gasteiger partial charge in [-0.25, -0.2) is 4.79 Å². The minimum absolute atomic E-state index is 0.0411. The Morgan fingerprint density at radius 2 is 1.67 bits per heavy atom. The van der Waals surface area contributed by atoms with Crippen LogP contribution >= 0.6 is 0 Å². The van der Waals surface area contributed by atoms with Crippen LogP contribution in [-0.2, 0) is 33.4 Å². The molecule has 0 aromatic heterocycles. The van der Waals surface area contributed by atoms with Gasteiger partial charge in [0.05, 0.1) is 18.3 Å². The molecule has 1 saturated carbocycles. The van der Waals surface area contributed by atoms with E-state index in [9.17, 15) is 44.4 Å². The average Bonchev–Trinajstić information content (AvgIpc) is 3.20. The molecule has 0 radical (unpaired) electrons. The number of carbonyl (C=O) groups excluding carboxylic acids is 4. The summed E-state index contributed by atoms with van der Waals surface area (Å²) >= 11 is 0. The molecule has 3 rings (SSSR count). The standard InChI is InChI=1S/C47H76N2O11/c1-32(27-35-17-13-19-37(51)30-35)15-7-9-21-39(52)36(18-14-23-42(53)48-31-46(4,5)24-26-50)28-33(2)16-8-10-22-40-41(59-6)29-34(3)47(58,60-40)43(54)44(55)49-25-12-11-20-38(49)45(56)57/h14,23,27-28,34-38,40-41,50-51,58H,7-13,15-22,24-26,29-31H2,1-6H3,(H,48,53)(H,56,57)/b23-14+,32-27+,33-28+. The number of likely N-dealkylation sites (tertiary alicyclic amines) is 1. The number of carbonyl (C=O) groups is 5. The number of amides is 2. The van der Waals surface area contributed by atoms with Crippen LogP contribution in [0.4, 0.5) is 0 Å². The number of allylic oxidation sites excluding steroid dienone is 5. The van der Waals surface area contributed by atoms with Gasteiger partial charge < -0.3 is 40.1 Å². The van der Waals surface area contributed by atoms with Gasteiger partial charge in [0, 0.05) is 45.1 Å². The number of ketones is 2. The van der Waals surface area contributed by atoms with Gasteiger partial charge in [-0.3, -0.25) is 19.2 Å². The lowest BCUT2D eigenvalue weighted by Crippen LogP contribution is -2.62. The van der Waals surface area contributed by atoms with Gasteiger partial charge >= 0.3 is 5.97 Å². The number of rotatable bonds is 24. The van der Waals surface area contributed by atoms with Gasteiger partial charge in [0.15, 0.2) is 0 Å². The second-order valence-electron chi connectivity index (χ2n) is 18.6. The van der Waals surface area contributed by atoms with Gasteiger partial charge in [0.25, 0.3) is 11.7 Å². The lowest BCUT2D eigenvalue weighted by atomic mass is 9.83. The van der Waals surface area contributed by atoms with Gasteiger partial charge in [-0.05, 0) is 128 Å². The summed E-state index contributed by atoms with van der Waals surface area (Å²) in [6.07, 6.45) is 18.2. The lowest BCUT2D eigenvalue weighted by molar-refractivity contribution is -0.286. The van der Waals surface area contributed by atoms with E-state index in [0.717, 1.165) is 61.8 Å². The summed E-state index contributed by atoms with van der Waals surface area (Å²) in [5.74, 6) is -6.67. The Bertz CT molecular complexity index is 1520. The summed E-state index contributed by atoms with van der Waals surface area (Å²) < 4.78 is 11.7. The highest BCUT2D eigenvalue weighted by Crippen LogP contribution is 2.37. The molecule has 8 atom stereocenters. The molecule has 2 saturated heterocycles. The van der Waals surface area contributed by atoms with Crippen molar-refractivity contribution in [3.63, 3.8) is 0 Å². The number of nitrogens with zero attached hydrogens (tertiary/aromatic N) is 1. The highest BCUT2D eigenvalue weighted by atomic mass is 16.7. The number of carboxylic acids is 1. The number of unbranched alkanes of at least 4 members (excludes halogenated alkanes) is 2. The number of nitrogens with one attached hydrogen (secondary N) is 1. The summed E-state index contributed by atoms with van der Waals surface area (Å²) in [7, 11) is 1.54. The SMILES string of the molecule is COC1CC(C)C(O)(C(=O)C(=O)N2CCCCC2C(=O)O)OC1CCCC/C(C)=C/C(C/C=C/C(=O)NCC(C)(C)CCO)C(=O)CCCC/C(C)=C/C1CCCC(O)C1. The molecule has 3 aliphatic rings. The molecule has 1 aliphatic carbocycles. The van der Waals surface area contributed by atoms with Crippen molar-refractivity contribution < 1.29 is 53.9 Å². The fourth-order valence-corrected chi connectivity index (χ4v) is 8.86. The van der Waals surface area contributed by atoms with Gasteiger partial charge in [-0.1, -0.05) is 63.0 Å². The minimum Gasteiger partial charge on any atom is -0.480 e. The van der Waals surface area contributed by atoms with Crippen molar-refractivity contribution in [3.05, 3.63) is 35.5 Å². The van der Waals surface area contributed by atoms with Crippen molar-refractivity contribution in [1.29, 1.82) is 0 Å². The van der Waals surface area contributed by atoms with Crippen molar-refractivity contribution in [2.75, 3.05) is 26.8 Å². The fraction of sp³-hybridized carbons (Fsp3) is 0.766. The van der Waals surface area contributed by atoms with E-state index in [1.807, 2.05) is 26.8 Å². The van der Waals surface area contributed by atoms with Crippen LogP contribution in [0.5, 0.6) is 0 Å². The third kappa shape index (κ3) is 16.2. The molecule has 13 heteroatoms. The van der Waals surface area contributed by atoms with E-state index in [4.69, 9.17) is 9.47 Å². The molecule has 2 amide bonds. The zero-order chi connectivity index (χ0) is 44.5. The highest BCUT2D eigenvalue weighted by Gasteiger charge is 2.54. The van der Waals surface area contributed by atoms with E-state index in [1.165, 1.54) is 18.8 Å². The molecule has 2 heterocycles. The summed E-state index contributed by atoms with van der Waals surface area (Å²) in [5.41, 5.74) is 2.08. The fourth-order valence-electron chi connectivity index (χ4n) is 8.86. The molecular weight excluding hydrogens is 769 g/mol. The molecule has 60 heavy (non-hydrogen) atoms. The monoisotopic (exact) mass is 845 g/mol. The molecule has 0 bridgehead atoms. The van der Waals surface area contributed by atoms with Crippen LogP contribution in [0.25, 0.3) is 0 Å². The number of carboxylic acid groups (broad SMARTS) is 1. The maximum atomic E-state index is 13.6. The zero-order valence-corrected chi connectivity index (χ0v) is 37.3. The molecule has 2 aliphatic heterocycles. The van der Waals surface area contributed by atoms with Crippen LogP contribution in [0.3, 0.4) is 0 Å². The first kappa shape index (κ1) is 51.1. The van der Waals surface area contributed by atoms with Gasteiger partial charge in [-0.2, -0.15) is 0 Å². The first-order chi connectivity index (χ1) is 28.4. The molecule has 340 valence electrons. The molecule has 0 spiro atoms. The van der Waals surface area contributed by atoms with Crippen molar-refractivity contribution in [3.8, 4) is 0 Å². The molecule has 0 aromatic carbocycles. The van der Waals surface area contributed by atoms with E-state index in [1.54, 1.807) is 13.0 Å². The van der Waals surface area contributed by atoms with E-state index in [0.29, 0.717) is 63.8 Å². The van der Waals surface area contributed by atoms with E-state index in [2.05, 4.69) is 18.3 Å². The molecule has 3 fully saturated rings. The normalized spacial score (nSPS) is 27.4. The Kier molecular flexibility index (Phi) is 21.3. The van der Waals surface area contributed by atoms with E-state index >= 15 is 0 Å². The number of aliphatic hydroxyl groups excluding tert-OH is 2. The van der Waals surface area contributed by atoms with Gasteiger partial charge in [0.1, 0.15) is 11.8 Å². The maximum absolute atomic E-state index is 13.6. The molecule has 8 unspecified atom stereocenters. The van der Waals surface area contributed by atoms with E-state index < -0.39 is 53.5 Å². The highest BCUT2D eigenvalue weighted by molar-refractivity contribution is 6.39. The Hall–Kier alpha value is -3.23. The topological polar surface area (TPSA) is 200 Å². The second kappa shape index (κ2) is 25.0. The van der Waals surface area contributed by atoms with Gasteiger partial charge in [0.2, 0.25) is 11.7 Å². The second-order valence-corrected chi connectivity index (χ2v) is 18.6. The van der Waals surface area contributed by atoms with Gasteiger partial charge in [-0.15, -0.1) is 0 Å². The summed E-state index contributed by atoms with van der Waals surface area (Å²) in [4.78, 5) is 66.0. The molecule has 5 N–H and O–H groups in total. The third-order valence-corrected chi connectivity index (χ3v) is 12.7. The smallest absolute Gasteiger partial charge is 0.326 e. The van der Waals surface area contributed by atoms with Crippen molar-refractivity contribution >= 4 is 29.4 Å². The van der Waals surface area contributed by atoms with Crippen LogP contribution in [0.1, 0.15) is 150 Å². The summed E-state index contributed by atoms with van der Waals surface area (Å²) in [6, 6.07) is -1.12. The van der Waals surface area contributed by atoms with Crippen LogP contribution in [0, 0.1) is 23.2 Å². The molecular formula is C47H76N2O11. The number of hydrogen-bond acceptors (Lipinski definition) is 10. The maximum Gasteiger partial charge on any atom is 0.326 e. The Balaban J connectivity index is 1.61. The first-order valence-corrected chi connectivity index (χ1v) is 22.5. The predicted octanol–water partition coefficient (Wildman–Crippen LogP) is 6.37. The summed E-state index contributed by atoms with van der Waals surface area (Å²) in [6.45, 7) is 10.3. The third-order valence-electron chi connectivity index (χ3n) is 12.7. The number of methoxy groups -OCH3 is 1.